The first-order valence-electron chi connectivity index (χ1n) is 5.87. The largest absolute Gasteiger partial charge is 0.336 e. The fraction of sp³-hybridized carbons (Fsp3) is 0.455. The van der Waals surface area contributed by atoms with Crippen LogP contribution >= 0.6 is 0 Å². The highest BCUT2D eigenvalue weighted by Gasteiger charge is 2.27. The summed E-state index contributed by atoms with van der Waals surface area (Å²) in [5.41, 5.74) is 1.43. The molecule has 1 aromatic rings. The van der Waals surface area contributed by atoms with Gasteiger partial charge < -0.3 is 4.90 Å². The Morgan fingerprint density at radius 2 is 1.89 bits per heavy atom. The first-order valence-corrected chi connectivity index (χ1v) is 7.37. The number of aromatic nitrogens is 1. The van der Waals surface area contributed by atoms with Gasteiger partial charge in [0.2, 0.25) is 0 Å². The summed E-state index contributed by atoms with van der Waals surface area (Å²) in [6.07, 6.45) is 3.19. The van der Waals surface area contributed by atoms with Gasteiger partial charge in [0, 0.05) is 38.6 Å². The van der Waals surface area contributed by atoms with Crippen LogP contribution in [0, 0.1) is 6.92 Å². The van der Waals surface area contributed by atoms with E-state index in [0.29, 0.717) is 18.7 Å². The van der Waals surface area contributed by atoms with E-state index in [2.05, 4.69) is 4.98 Å². The standard InChI is InChI=1S/C11H16N4O3S/c1-9-6-10(8-13-7-9)11(16)14-2-4-15(5-3-14)19(12,17)18/h6-8H,2-5H2,1H3,(H2,12,17,18). The highest BCUT2D eigenvalue weighted by molar-refractivity contribution is 7.86. The topological polar surface area (TPSA) is 96.6 Å². The third kappa shape index (κ3) is 3.28. The summed E-state index contributed by atoms with van der Waals surface area (Å²) in [4.78, 5) is 17.8. The van der Waals surface area contributed by atoms with Crippen molar-refractivity contribution in [3.63, 3.8) is 0 Å². The predicted molar refractivity (Wildman–Crippen MR) is 69.6 cm³/mol. The molecule has 0 unspecified atom stereocenters. The number of nitrogens with two attached hydrogens (primary N) is 1. The van der Waals surface area contributed by atoms with Crippen LogP contribution in [0.3, 0.4) is 0 Å². The number of rotatable bonds is 2. The van der Waals surface area contributed by atoms with Gasteiger partial charge in [-0.2, -0.15) is 12.7 Å². The monoisotopic (exact) mass is 284 g/mol. The number of carbonyl (C=O) groups excluding carboxylic acids is 1. The number of nitrogens with zero attached hydrogens (tertiary/aromatic N) is 3. The molecule has 0 bridgehead atoms. The number of hydrogen-bond acceptors (Lipinski definition) is 4. The molecule has 1 amide bonds. The van der Waals surface area contributed by atoms with E-state index in [0.717, 1.165) is 5.56 Å². The van der Waals surface area contributed by atoms with E-state index >= 15 is 0 Å². The molecule has 1 aromatic heterocycles. The number of pyridine rings is 1. The van der Waals surface area contributed by atoms with Crippen molar-refractivity contribution in [3.05, 3.63) is 29.6 Å². The molecule has 2 N–H and O–H groups in total. The van der Waals surface area contributed by atoms with Crippen molar-refractivity contribution in [1.29, 1.82) is 0 Å². The number of carbonyl (C=O) groups is 1. The smallest absolute Gasteiger partial charge is 0.277 e. The molecule has 1 saturated heterocycles. The van der Waals surface area contributed by atoms with E-state index in [-0.39, 0.29) is 19.0 Å². The van der Waals surface area contributed by atoms with Crippen LogP contribution in [-0.4, -0.2) is 54.7 Å². The van der Waals surface area contributed by atoms with Crippen LogP contribution in [-0.2, 0) is 10.2 Å². The number of aryl methyl sites for hydroxylation is 1. The molecule has 0 spiro atoms. The summed E-state index contributed by atoms with van der Waals surface area (Å²) in [6, 6.07) is 1.77. The van der Waals surface area contributed by atoms with Crippen molar-refractivity contribution >= 4 is 16.1 Å². The molecule has 0 saturated carbocycles. The highest BCUT2D eigenvalue weighted by Crippen LogP contribution is 2.10. The van der Waals surface area contributed by atoms with Crippen LogP contribution in [0.15, 0.2) is 18.5 Å². The van der Waals surface area contributed by atoms with Gasteiger partial charge in [-0.25, -0.2) is 5.14 Å². The number of amides is 1. The van der Waals surface area contributed by atoms with Crippen molar-refractivity contribution in [3.8, 4) is 0 Å². The lowest BCUT2D eigenvalue weighted by Gasteiger charge is -2.32. The first-order chi connectivity index (χ1) is 8.88. The molecule has 0 atom stereocenters. The van der Waals surface area contributed by atoms with E-state index in [1.54, 1.807) is 17.2 Å². The quantitative estimate of drug-likeness (QED) is 0.780. The summed E-state index contributed by atoms with van der Waals surface area (Å²) in [5.74, 6) is -0.134. The van der Waals surface area contributed by atoms with Crippen LogP contribution in [0.2, 0.25) is 0 Å². The molecular weight excluding hydrogens is 268 g/mol. The number of piperazine rings is 1. The summed E-state index contributed by atoms with van der Waals surface area (Å²) >= 11 is 0. The fourth-order valence-corrected chi connectivity index (χ4v) is 2.67. The maximum absolute atomic E-state index is 12.2. The second-order valence-electron chi connectivity index (χ2n) is 4.49. The second-order valence-corrected chi connectivity index (χ2v) is 6.03. The Hall–Kier alpha value is -1.51. The van der Waals surface area contributed by atoms with Crippen molar-refractivity contribution in [2.24, 2.45) is 5.14 Å². The Morgan fingerprint density at radius 1 is 1.26 bits per heavy atom. The maximum atomic E-state index is 12.2. The van der Waals surface area contributed by atoms with Crippen molar-refractivity contribution < 1.29 is 13.2 Å². The zero-order valence-electron chi connectivity index (χ0n) is 10.6. The van der Waals surface area contributed by atoms with E-state index in [9.17, 15) is 13.2 Å². The minimum Gasteiger partial charge on any atom is -0.336 e. The average Bonchev–Trinajstić information content (AvgIpc) is 2.37. The minimum atomic E-state index is -3.66. The van der Waals surface area contributed by atoms with Crippen molar-refractivity contribution in [2.45, 2.75) is 6.92 Å². The van der Waals surface area contributed by atoms with E-state index in [1.807, 2.05) is 6.92 Å². The SMILES string of the molecule is Cc1cncc(C(=O)N2CCN(S(N)(=O)=O)CC2)c1. The third-order valence-corrected chi connectivity index (χ3v) is 4.09. The van der Waals surface area contributed by atoms with Gasteiger partial charge in [-0.1, -0.05) is 0 Å². The zero-order chi connectivity index (χ0) is 14.0. The van der Waals surface area contributed by atoms with Gasteiger partial charge in [-0.3, -0.25) is 9.78 Å². The van der Waals surface area contributed by atoms with Gasteiger partial charge in [-0.15, -0.1) is 0 Å². The fourth-order valence-electron chi connectivity index (χ4n) is 2.00. The van der Waals surface area contributed by atoms with Gasteiger partial charge >= 0.3 is 0 Å². The molecule has 0 aromatic carbocycles. The molecular formula is C11H16N4O3S. The second kappa shape index (κ2) is 5.24. The Kier molecular flexibility index (Phi) is 3.83. The van der Waals surface area contributed by atoms with Crippen LogP contribution in [0.25, 0.3) is 0 Å². The maximum Gasteiger partial charge on any atom is 0.277 e. The Labute approximate surface area is 112 Å². The minimum absolute atomic E-state index is 0.134. The third-order valence-electron chi connectivity index (χ3n) is 3.01. The van der Waals surface area contributed by atoms with Gasteiger partial charge in [0.25, 0.3) is 16.1 Å². The van der Waals surface area contributed by atoms with Crippen LogP contribution in [0.4, 0.5) is 0 Å². The molecule has 2 rings (SSSR count). The van der Waals surface area contributed by atoms with Gasteiger partial charge in [0.1, 0.15) is 0 Å². The lowest BCUT2D eigenvalue weighted by atomic mass is 10.2. The highest BCUT2D eigenvalue weighted by atomic mass is 32.2. The molecule has 8 heteroatoms. The lowest BCUT2D eigenvalue weighted by molar-refractivity contribution is 0.0697. The summed E-state index contributed by atoms with van der Waals surface area (Å²) in [6.45, 7) is 2.99. The molecule has 104 valence electrons. The number of hydrogen-bond donors (Lipinski definition) is 1. The molecule has 1 fully saturated rings. The lowest BCUT2D eigenvalue weighted by Crippen LogP contribution is -2.52. The first kappa shape index (κ1) is 13.9. The van der Waals surface area contributed by atoms with Crippen LogP contribution in [0.1, 0.15) is 15.9 Å². The Morgan fingerprint density at radius 3 is 2.42 bits per heavy atom. The van der Waals surface area contributed by atoms with E-state index in [4.69, 9.17) is 5.14 Å². The molecule has 2 heterocycles. The van der Waals surface area contributed by atoms with Gasteiger partial charge in [-0.05, 0) is 18.6 Å². The molecule has 7 nitrogen and oxygen atoms in total. The predicted octanol–water partition coefficient (Wildman–Crippen LogP) is -0.649. The van der Waals surface area contributed by atoms with Gasteiger partial charge in [0.15, 0.2) is 0 Å². The molecule has 0 radical (unpaired) electrons. The van der Waals surface area contributed by atoms with Crippen LogP contribution in [0.5, 0.6) is 0 Å². The van der Waals surface area contributed by atoms with Crippen molar-refractivity contribution in [1.82, 2.24) is 14.2 Å². The van der Waals surface area contributed by atoms with Crippen molar-refractivity contribution in [2.75, 3.05) is 26.2 Å². The summed E-state index contributed by atoms with van der Waals surface area (Å²) in [7, 11) is -3.66. The molecule has 19 heavy (non-hydrogen) atoms. The summed E-state index contributed by atoms with van der Waals surface area (Å²) in [5, 5.41) is 5.05. The van der Waals surface area contributed by atoms with E-state index < -0.39 is 10.2 Å². The molecule has 0 aliphatic carbocycles. The molecule has 1 aliphatic rings. The van der Waals surface area contributed by atoms with E-state index in [1.165, 1.54) is 10.5 Å². The Balaban J connectivity index is 2.04. The van der Waals surface area contributed by atoms with Gasteiger partial charge in [0.05, 0.1) is 5.56 Å². The zero-order valence-corrected chi connectivity index (χ0v) is 11.4. The normalized spacial score (nSPS) is 17.5. The van der Waals surface area contributed by atoms with Crippen LogP contribution < -0.4 is 5.14 Å². The Bertz CT molecular complexity index is 579. The molecule has 1 aliphatic heterocycles. The summed E-state index contributed by atoms with van der Waals surface area (Å²) < 4.78 is 23.5. The average molecular weight is 284 g/mol.